The van der Waals surface area contributed by atoms with Crippen LogP contribution in [0.3, 0.4) is 0 Å². The number of ether oxygens (including phenoxy) is 2. The quantitative estimate of drug-likeness (QED) is 0.318. The molecule has 7 nitrogen and oxygen atoms in total. The summed E-state index contributed by atoms with van der Waals surface area (Å²) in [6, 6.07) is 14.0. The van der Waals surface area contributed by atoms with Gasteiger partial charge in [0.15, 0.2) is 0 Å². The lowest BCUT2D eigenvalue weighted by Crippen LogP contribution is -2.32. The number of Topliss-reactive ketones (excluding diaryl/α,β-unsaturated/α-hetero) is 1. The summed E-state index contributed by atoms with van der Waals surface area (Å²) in [6.07, 6.45) is -0.0404. The molecule has 0 aliphatic carbocycles. The van der Waals surface area contributed by atoms with E-state index in [1.165, 1.54) is 4.90 Å². The monoisotopic (exact) mass is 466 g/mol. The molecule has 1 N–H and O–H groups in total. The fraction of sp³-hybridized carbons (Fsp3) is 0.407. The van der Waals surface area contributed by atoms with Crippen molar-refractivity contribution < 1.29 is 24.2 Å². The van der Waals surface area contributed by atoms with Gasteiger partial charge in [0.1, 0.15) is 11.5 Å². The van der Waals surface area contributed by atoms with Crippen molar-refractivity contribution >= 4 is 23.1 Å². The third kappa shape index (κ3) is 5.25. The second-order valence-corrected chi connectivity index (χ2v) is 8.44. The molecular weight excluding hydrogens is 432 g/mol. The lowest BCUT2D eigenvalue weighted by molar-refractivity contribution is -0.140. The Hall–Kier alpha value is -3.32. The molecule has 1 aliphatic rings. The average molecular weight is 467 g/mol. The number of hydrogen-bond donors (Lipinski definition) is 1. The molecule has 34 heavy (non-hydrogen) atoms. The molecule has 7 heteroatoms. The van der Waals surface area contributed by atoms with Crippen LogP contribution in [-0.4, -0.2) is 61.2 Å². The second kappa shape index (κ2) is 11.2. The predicted molar refractivity (Wildman–Crippen MR) is 133 cm³/mol. The van der Waals surface area contributed by atoms with Crippen LogP contribution in [0.25, 0.3) is 5.76 Å². The molecule has 0 radical (unpaired) electrons. The summed E-state index contributed by atoms with van der Waals surface area (Å²) >= 11 is 0. The van der Waals surface area contributed by atoms with Gasteiger partial charge >= 0.3 is 0 Å². The molecule has 1 fully saturated rings. The van der Waals surface area contributed by atoms with Crippen molar-refractivity contribution in [1.82, 2.24) is 4.90 Å². The third-order valence-corrected chi connectivity index (χ3v) is 5.89. The summed E-state index contributed by atoms with van der Waals surface area (Å²) in [5.41, 5.74) is 2.30. The SMILES string of the molecule is CCN(CC)c1ccc(C2/C(=C(/O)c3cccc(OC(C)C)c3)C(=O)C(=O)N2CCOC)cc1. The second-order valence-electron chi connectivity index (χ2n) is 8.44. The Bertz CT molecular complexity index is 1040. The smallest absolute Gasteiger partial charge is 0.295 e. The molecule has 1 unspecified atom stereocenters. The van der Waals surface area contributed by atoms with Crippen molar-refractivity contribution in [3.8, 4) is 5.75 Å². The van der Waals surface area contributed by atoms with Crippen molar-refractivity contribution in [1.29, 1.82) is 0 Å². The van der Waals surface area contributed by atoms with Crippen LogP contribution in [0.15, 0.2) is 54.1 Å². The molecule has 2 aromatic carbocycles. The normalized spacial score (nSPS) is 17.5. The minimum atomic E-state index is -0.712. The topological polar surface area (TPSA) is 79.3 Å². The van der Waals surface area contributed by atoms with Gasteiger partial charge in [0, 0.05) is 38.0 Å². The summed E-state index contributed by atoms with van der Waals surface area (Å²) in [4.78, 5) is 29.8. The zero-order chi connectivity index (χ0) is 24.8. The van der Waals surface area contributed by atoms with E-state index in [2.05, 4.69) is 18.7 Å². The lowest BCUT2D eigenvalue weighted by Gasteiger charge is -2.26. The molecule has 1 heterocycles. The first-order valence-corrected chi connectivity index (χ1v) is 11.7. The number of carbonyl (C=O) groups is 2. The van der Waals surface area contributed by atoms with Crippen LogP contribution in [-0.2, 0) is 14.3 Å². The highest BCUT2D eigenvalue weighted by Gasteiger charge is 2.45. The van der Waals surface area contributed by atoms with Gasteiger partial charge in [0.05, 0.1) is 24.3 Å². The van der Waals surface area contributed by atoms with E-state index in [-0.39, 0.29) is 30.6 Å². The molecule has 0 spiro atoms. The Morgan fingerprint density at radius 2 is 1.76 bits per heavy atom. The van der Waals surface area contributed by atoms with E-state index in [0.717, 1.165) is 24.3 Å². The van der Waals surface area contributed by atoms with Gasteiger partial charge in [-0.25, -0.2) is 0 Å². The number of nitrogens with zero attached hydrogens (tertiary/aromatic N) is 2. The molecule has 0 aromatic heterocycles. The summed E-state index contributed by atoms with van der Waals surface area (Å²) in [6.45, 7) is 10.3. The molecule has 182 valence electrons. The Kier molecular flexibility index (Phi) is 8.34. The minimum Gasteiger partial charge on any atom is -0.507 e. The maximum Gasteiger partial charge on any atom is 0.295 e. The van der Waals surface area contributed by atoms with E-state index in [0.29, 0.717) is 11.3 Å². The first-order chi connectivity index (χ1) is 16.3. The van der Waals surface area contributed by atoms with Crippen LogP contribution < -0.4 is 9.64 Å². The van der Waals surface area contributed by atoms with Crippen molar-refractivity contribution in [2.45, 2.75) is 39.8 Å². The number of anilines is 1. The average Bonchev–Trinajstić information content (AvgIpc) is 3.08. The van der Waals surface area contributed by atoms with E-state index >= 15 is 0 Å². The van der Waals surface area contributed by atoms with Crippen molar-refractivity contribution in [3.05, 3.63) is 65.2 Å². The standard InChI is InChI=1S/C27H34N2O5/c1-6-28(7-2)21-13-11-19(12-14-21)24-23(26(31)27(32)29(24)15-16-33-5)25(30)20-9-8-10-22(17-20)34-18(3)4/h8-14,17-18,24,30H,6-7,15-16H2,1-5H3/b25-23-. The van der Waals surface area contributed by atoms with Crippen LogP contribution in [0.4, 0.5) is 5.69 Å². The molecule has 1 saturated heterocycles. The number of ketones is 1. The summed E-state index contributed by atoms with van der Waals surface area (Å²) in [7, 11) is 1.55. The minimum absolute atomic E-state index is 0.0404. The lowest BCUT2D eigenvalue weighted by atomic mass is 9.95. The fourth-order valence-electron chi connectivity index (χ4n) is 4.25. The van der Waals surface area contributed by atoms with Gasteiger partial charge in [-0.2, -0.15) is 0 Å². The largest absolute Gasteiger partial charge is 0.507 e. The van der Waals surface area contributed by atoms with Gasteiger partial charge < -0.3 is 24.4 Å². The van der Waals surface area contributed by atoms with Gasteiger partial charge in [-0.05, 0) is 57.5 Å². The fourth-order valence-corrected chi connectivity index (χ4v) is 4.25. The van der Waals surface area contributed by atoms with Crippen LogP contribution >= 0.6 is 0 Å². The van der Waals surface area contributed by atoms with E-state index in [4.69, 9.17) is 9.47 Å². The molecule has 0 saturated carbocycles. The summed E-state index contributed by atoms with van der Waals surface area (Å²) in [5, 5.41) is 11.2. The van der Waals surface area contributed by atoms with Crippen LogP contribution in [0, 0.1) is 0 Å². The van der Waals surface area contributed by atoms with E-state index < -0.39 is 17.7 Å². The Labute approximate surface area is 201 Å². The van der Waals surface area contributed by atoms with E-state index in [1.807, 2.05) is 38.1 Å². The van der Waals surface area contributed by atoms with Crippen molar-refractivity contribution in [3.63, 3.8) is 0 Å². The summed E-state index contributed by atoms with van der Waals surface area (Å²) < 4.78 is 10.9. The number of aliphatic hydroxyl groups is 1. The first-order valence-electron chi connectivity index (χ1n) is 11.7. The molecule has 2 aromatic rings. The van der Waals surface area contributed by atoms with Gasteiger partial charge in [-0.15, -0.1) is 0 Å². The summed E-state index contributed by atoms with van der Waals surface area (Å²) in [5.74, 6) is -0.995. The van der Waals surface area contributed by atoms with Crippen molar-refractivity contribution in [2.75, 3.05) is 38.3 Å². The highest BCUT2D eigenvalue weighted by atomic mass is 16.5. The highest BCUT2D eigenvalue weighted by Crippen LogP contribution is 2.40. The first kappa shape index (κ1) is 25.3. The van der Waals surface area contributed by atoms with Crippen LogP contribution in [0.1, 0.15) is 44.9 Å². The van der Waals surface area contributed by atoms with E-state index in [9.17, 15) is 14.7 Å². The van der Waals surface area contributed by atoms with E-state index in [1.54, 1.807) is 31.4 Å². The number of rotatable bonds is 10. The number of carbonyl (C=O) groups excluding carboxylic acids is 2. The van der Waals surface area contributed by atoms with Gasteiger partial charge in [-0.1, -0.05) is 24.3 Å². The molecule has 1 aliphatic heterocycles. The van der Waals surface area contributed by atoms with Crippen LogP contribution in [0.2, 0.25) is 0 Å². The number of hydrogen-bond acceptors (Lipinski definition) is 6. The van der Waals surface area contributed by atoms with Gasteiger partial charge in [-0.3, -0.25) is 9.59 Å². The predicted octanol–water partition coefficient (Wildman–Crippen LogP) is 4.39. The highest BCUT2D eigenvalue weighted by molar-refractivity contribution is 6.46. The number of aliphatic hydroxyl groups excluding tert-OH is 1. The van der Waals surface area contributed by atoms with Gasteiger partial charge in [0.25, 0.3) is 11.7 Å². The number of amides is 1. The number of benzene rings is 2. The molecular formula is C27H34N2O5. The Morgan fingerprint density at radius 1 is 1.09 bits per heavy atom. The molecule has 1 amide bonds. The number of methoxy groups -OCH3 is 1. The Balaban J connectivity index is 2.10. The molecule has 1 atom stereocenters. The van der Waals surface area contributed by atoms with Crippen LogP contribution in [0.5, 0.6) is 5.75 Å². The Morgan fingerprint density at radius 3 is 2.35 bits per heavy atom. The zero-order valence-corrected chi connectivity index (χ0v) is 20.6. The van der Waals surface area contributed by atoms with Crippen molar-refractivity contribution in [2.24, 2.45) is 0 Å². The molecule has 3 rings (SSSR count). The third-order valence-electron chi connectivity index (χ3n) is 5.89. The zero-order valence-electron chi connectivity index (χ0n) is 20.6. The maximum atomic E-state index is 13.1. The number of likely N-dealkylation sites (tertiary alicyclic amines) is 1. The maximum absolute atomic E-state index is 13.1. The van der Waals surface area contributed by atoms with Gasteiger partial charge in [0.2, 0.25) is 0 Å². The molecule has 0 bridgehead atoms.